The molecule has 4 nitrogen and oxygen atoms in total. The molecule has 0 saturated carbocycles. The summed E-state index contributed by atoms with van der Waals surface area (Å²) in [4.78, 5) is 12.5. The van der Waals surface area contributed by atoms with Gasteiger partial charge in [-0.2, -0.15) is 18.3 Å². The molecule has 210 valence electrons. The average Bonchev–Trinajstić information content (AvgIpc) is 3.27. The van der Waals surface area contributed by atoms with Gasteiger partial charge in [0.15, 0.2) is 0 Å². The fourth-order valence-corrected chi connectivity index (χ4v) is 5.00. The van der Waals surface area contributed by atoms with Crippen LogP contribution in [0.3, 0.4) is 0 Å². The average molecular weight is 580 g/mol. The van der Waals surface area contributed by atoms with Crippen LogP contribution >= 0.6 is 11.6 Å². The largest absolute Gasteiger partial charge is 0.418 e. The van der Waals surface area contributed by atoms with Gasteiger partial charge in [0.25, 0.3) is 5.91 Å². The van der Waals surface area contributed by atoms with Crippen molar-refractivity contribution >= 4 is 28.4 Å². The smallest absolute Gasteiger partial charge is 0.350 e. The maximum atomic E-state index is 14.7. The molecule has 0 spiro atoms. The number of nitrogens with zero attached hydrogens (tertiary/aromatic N) is 2. The standard InChI is InChI=1S/C32H26ClF4N3O/c1-19(2)38-31(41)23-9-4-7-21(16-23)14-20-6-3-8-22(15-20)30-26-10-5-11-27(32(35,36)37)29(26)39-40(30)18-24-12-13-25(33)17-28(24)34/h3-13,15-17,19H,14,18H2,1-2H3,(H,38,41). The molecule has 0 radical (unpaired) electrons. The summed E-state index contributed by atoms with van der Waals surface area (Å²) < 4.78 is 57.9. The van der Waals surface area contributed by atoms with Crippen molar-refractivity contribution in [3.63, 3.8) is 0 Å². The summed E-state index contributed by atoms with van der Waals surface area (Å²) in [5.41, 5.74) is 2.57. The fourth-order valence-electron chi connectivity index (χ4n) is 4.84. The number of carbonyl (C=O) groups is 1. The Kier molecular flexibility index (Phi) is 7.87. The molecule has 0 bridgehead atoms. The normalized spacial score (nSPS) is 11.8. The number of hydrogen-bond donors (Lipinski definition) is 1. The minimum Gasteiger partial charge on any atom is -0.350 e. The first-order valence-electron chi connectivity index (χ1n) is 13.0. The predicted molar refractivity (Wildman–Crippen MR) is 153 cm³/mol. The highest BCUT2D eigenvalue weighted by molar-refractivity contribution is 6.30. The van der Waals surface area contributed by atoms with E-state index in [1.165, 1.54) is 22.9 Å². The number of aromatic nitrogens is 2. The molecule has 1 aromatic heterocycles. The van der Waals surface area contributed by atoms with Gasteiger partial charge in [-0.15, -0.1) is 0 Å². The molecule has 0 saturated heterocycles. The van der Waals surface area contributed by atoms with Gasteiger partial charge < -0.3 is 5.32 Å². The van der Waals surface area contributed by atoms with Crippen LogP contribution in [0.1, 0.15) is 46.5 Å². The number of alkyl halides is 3. The molecule has 9 heteroatoms. The zero-order chi connectivity index (χ0) is 29.3. The zero-order valence-electron chi connectivity index (χ0n) is 22.3. The van der Waals surface area contributed by atoms with Crippen molar-refractivity contribution in [2.45, 2.75) is 39.0 Å². The number of amides is 1. The molecule has 1 N–H and O–H groups in total. The second kappa shape index (κ2) is 11.4. The maximum Gasteiger partial charge on any atom is 0.418 e. The van der Waals surface area contributed by atoms with Gasteiger partial charge in [0.1, 0.15) is 11.3 Å². The van der Waals surface area contributed by atoms with Crippen molar-refractivity contribution in [2.75, 3.05) is 0 Å². The van der Waals surface area contributed by atoms with E-state index in [2.05, 4.69) is 10.4 Å². The minimum atomic E-state index is -4.61. The third-order valence-electron chi connectivity index (χ3n) is 6.63. The van der Waals surface area contributed by atoms with E-state index in [-0.39, 0.29) is 34.6 Å². The number of halogens is 5. The monoisotopic (exact) mass is 579 g/mol. The minimum absolute atomic E-state index is 0.00159. The Morgan fingerprint density at radius 3 is 2.37 bits per heavy atom. The number of hydrogen-bond acceptors (Lipinski definition) is 2. The molecule has 1 heterocycles. The van der Waals surface area contributed by atoms with Crippen LogP contribution in [0.25, 0.3) is 22.2 Å². The van der Waals surface area contributed by atoms with E-state index in [0.29, 0.717) is 28.6 Å². The van der Waals surface area contributed by atoms with Crippen LogP contribution in [0.4, 0.5) is 17.6 Å². The zero-order valence-corrected chi connectivity index (χ0v) is 23.0. The Morgan fingerprint density at radius 1 is 0.951 bits per heavy atom. The van der Waals surface area contributed by atoms with E-state index >= 15 is 0 Å². The van der Waals surface area contributed by atoms with Crippen molar-refractivity contribution in [1.82, 2.24) is 15.1 Å². The van der Waals surface area contributed by atoms with Gasteiger partial charge in [0.05, 0.1) is 17.8 Å². The molecule has 0 aliphatic heterocycles. The highest BCUT2D eigenvalue weighted by Gasteiger charge is 2.34. The second-order valence-corrected chi connectivity index (χ2v) is 10.6. The Bertz CT molecular complexity index is 1740. The number of carbonyl (C=O) groups excluding carboxylic acids is 1. The van der Waals surface area contributed by atoms with Crippen molar-refractivity contribution in [3.8, 4) is 11.3 Å². The summed E-state index contributed by atoms with van der Waals surface area (Å²) in [5, 5.41) is 7.74. The number of nitrogens with one attached hydrogen (secondary N) is 1. The van der Waals surface area contributed by atoms with Gasteiger partial charge in [-0.25, -0.2) is 4.39 Å². The Hall–Kier alpha value is -4.17. The van der Waals surface area contributed by atoms with Gasteiger partial charge in [-0.05, 0) is 67.8 Å². The molecule has 4 aromatic carbocycles. The maximum absolute atomic E-state index is 14.7. The summed E-state index contributed by atoms with van der Waals surface area (Å²) in [6, 6.07) is 22.8. The lowest BCUT2D eigenvalue weighted by atomic mass is 9.98. The van der Waals surface area contributed by atoms with Crippen LogP contribution < -0.4 is 5.32 Å². The van der Waals surface area contributed by atoms with E-state index in [1.807, 2.05) is 50.2 Å². The number of benzene rings is 4. The molecule has 41 heavy (non-hydrogen) atoms. The quantitative estimate of drug-likeness (QED) is 0.197. The highest BCUT2D eigenvalue weighted by Crippen LogP contribution is 2.38. The van der Waals surface area contributed by atoms with E-state index in [4.69, 9.17) is 11.6 Å². The molecular formula is C32H26ClF4N3O. The Labute approximate surface area is 239 Å². The molecule has 0 aliphatic rings. The summed E-state index contributed by atoms with van der Waals surface area (Å²) in [6.07, 6.45) is -4.13. The molecule has 0 unspecified atom stereocenters. The van der Waals surface area contributed by atoms with Gasteiger partial charge in [0.2, 0.25) is 0 Å². The van der Waals surface area contributed by atoms with Crippen LogP contribution in [-0.2, 0) is 19.1 Å². The van der Waals surface area contributed by atoms with Gasteiger partial charge in [-0.3, -0.25) is 9.48 Å². The lowest BCUT2D eigenvalue weighted by Gasteiger charge is -2.12. The van der Waals surface area contributed by atoms with Crippen LogP contribution in [0.15, 0.2) is 84.9 Å². The Balaban J connectivity index is 1.58. The predicted octanol–water partition coefficient (Wildman–Crippen LogP) is 8.29. The molecule has 0 atom stereocenters. The first-order valence-corrected chi connectivity index (χ1v) is 13.4. The molecule has 1 amide bonds. The van der Waals surface area contributed by atoms with Crippen molar-refractivity contribution in [3.05, 3.63) is 124 Å². The third kappa shape index (κ3) is 6.28. The fraction of sp³-hybridized carbons (Fsp3) is 0.188. The van der Waals surface area contributed by atoms with E-state index in [0.717, 1.165) is 23.3 Å². The second-order valence-electron chi connectivity index (χ2n) is 10.1. The lowest BCUT2D eigenvalue weighted by molar-refractivity contribution is -0.136. The molecule has 5 aromatic rings. The summed E-state index contributed by atoms with van der Waals surface area (Å²) in [6.45, 7) is 3.68. The molecule has 5 rings (SSSR count). The van der Waals surface area contributed by atoms with Crippen LogP contribution in [-0.4, -0.2) is 21.7 Å². The SMILES string of the molecule is CC(C)NC(=O)c1cccc(Cc2cccc(-c3c4cccc(C(F)(F)F)c4nn3Cc3ccc(Cl)cc3F)c2)c1. The third-order valence-corrected chi connectivity index (χ3v) is 6.86. The number of rotatable bonds is 7. The summed E-state index contributed by atoms with van der Waals surface area (Å²) in [7, 11) is 0. The van der Waals surface area contributed by atoms with Gasteiger partial charge in [0, 0.05) is 33.1 Å². The van der Waals surface area contributed by atoms with Gasteiger partial charge in [-0.1, -0.05) is 60.1 Å². The molecule has 0 aliphatic carbocycles. The van der Waals surface area contributed by atoms with Crippen LogP contribution in [0.2, 0.25) is 5.02 Å². The summed E-state index contributed by atoms with van der Waals surface area (Å²) in [5.74, 6) is -0.741. The van der Waals surface area contributed by atoms with Crippen molar-refractivity contribution in [2.24, 2.45) is 0 Å². The molecular weight excluding hydrogens is 554 g/mol. The topological polar surface area (TPSA) is 46.9 Å². The summed E-state index contributed by atoms with van der Waals surface area (Å²) >= 11 is 5.91. The molecule has 0 fully saturated rings. The Morgan fingerprint density at radius 2 is 1.66 bits per heavy atom. The number of fused-ring (bicyclic) bond motifs is 1. The van der Waals surface area contributed by atoms with E-state index in [9.17, 15) is 22.4 Å². The van der Waals surface area contributed by atoms with Crippen LogP contribution in [0.5, 0.6) is 0 Å². The van der Waals surface area contributed by atoms with Crippen molar-refractivity contribution in [1.29, 1.82) is 0 Å². The van der Waals surface area contributed by atoms with Crippen molar-refractivity contribution < 1.29 is 22.4 Å². The van der Waals surface area contributed by atoms with E-state index < -0.39 is 17.6 Å². The highest BCUT2D eigenvalue weighted by atomic mass is 35.5. The van der Waals surface area contributed by atoms with Gasteiger partial charge >= 0.3 is 6.18 Å². The first kappa shape index (κ1) is 28.4. The first-order chi connectivity index (χ1) is 19.5. The lowest BCUT2D eigenvalue weighted by Crippen LogP contribution is -2.30. The van der Waals surface area contributed by atoms with E-state index in [1.54, 1.807) is 18.2 Å². The van der Waals surface area contributed by atoms with Crippen LogP contribution in [0, 0.1) is 5.82 Å².